The van der Waals surface area contributed by atoms with Crippen LogP contribution in [0.2, 0.25) is 0 Å². The lowest BCUT2D eigenvalue weighted by molar-refractivity contribution is 0.132. The lowest BCUT2D eigenvalue weighted by atomic mass is 10.1. The number of benzene rings is 1. The fourth-order valence-electron chi connectivity index (χ4n) is 3.18. The summed E-state index contributed by atoms with van der Waals surface area (Å²) in [5.41, 5.74) is 2.64. The van der Waals surface area contributed by atoms with Gasteiger partial charge in [0.2, 0.25) is 0 Å². The van der Waals surface area contributed by atoms with Gasteiger partial charge in [0.05, 0.1) is 12.0 Å². The van der Waals surface area contributed by atoms with Gasteiger partial charge in [-0.15, -0.1) is 11.7 Å². The molecule has 0 aliphatic carbocycles. The van der Waals surface area contributed by atoms with Crippen molar-refractivity contribution < 1.29 is 4.74 Å². The molecule has 0 saturated carbocycles. The van der Waals surface area contributed by atoms with Gasteiger partial charge < -0.3 is 15.0 Å². The van der Waals surface area contributed by atoms with Crippen LogP contribution in [0.5, 0.6) is 0 Å². The van der Waals surface area contributed by atoms with Gasteiger partial charge in [-0.1, -0.05) is 29.9 Å². The van der Waals surface area contributed by atoms with Crippen molar-refractivity contribution in [3.63, 3.8) is 0 Å². The molecule has 1 heterocycles. The van der Waals surface area contributed by atoms with Crippen molar-refractivity contribution in [2.75, 3.05) is 50.8 Å². The normalized spacial score (nSPS) is 17.9. The summed E-state index contributed by atoms with van der Waals surface area (Å²) in [6.45, 7) is 12.1. The van der Waals surface area contributed by atoms with E-state index in [-0.39, 0.29) is 0 Å². The average Bonchev–Trinajstić information content (AvgIpc) is 2.70. The van der Waals surface area contributed by atoms with Crippen molar-refractivity contribution in [2.45, 2.75) is 43.9 Å². The maximum Gasteiger partial charge on any atom is 0.0591 e. The molecule has 2 rings (SSSR count). The average molecular weight is 430 g/mol. The zero-order chi connectivity index (χ0) is 19.5. The number of rotatable bonds is 12. The van der Waals surface area contributed by atoms with Gasteiger partial charge in [0, 0.05) is 56.8 Å². The van der Waals surface area contributed by atoms with Crippen molar-refractivity contribution in [1.82, 2.24) is 10.2 Å². The molecule has 0 amide bonds. The Labute approximate surface area is 180 Å². The summed E-state index contributed by atoms with van der Waals surface area (Å²) in [5, 5.41) is 4.41. The summed E-state index contributed by atoms with van der Waals surface area (Å²) >= 11 is 8.76. The van der Waals surface area contributed by atoms with Crippen LogP contribution in [0.3, 0.4) is 0 Å². The van der Waals surface area contributed by atoms with Gasteiger partial charge >= 0.3 is 0 Å². The maximum absolute atomic E-state index is 5.68. The monoisotopic (exact) mass is 429 g/mol. The zero-order valence-corrected chi connectivity index (χ0v) is 19.2. The maximum atomic E-state index is 5.68. The molecule has 1 aliphatic rings. The van der Waals surface area contributed by atoms with Crippen LogP contribution in [0, 0.1) is 0 Å². The number of thiol groups is 2. The van der Waals surface area contributed by atoms with Crippen LogP contribution >= 0.6 is 35.1 Å². The van der Waals surface area contributed by atoms with E-state index in [4.69, 9.17) is 4.74 Å². The largest absolute Gasteiger partial charge is 0.380 e. The molecule has 1 aliphatic heterocycles. The van der Waals surface area contributed by atoms with Crippen LogP contribution < -0.4 is 10.2 Å². The van der Waals surface area contributed by atoms with Crippen molar-refractivity contribution >= 4 is 40.8 Å². The minimum absolute atomic E-state index is 0.347. The molecule has 27 heavy (non-hydrogen) atoms. The third kappa shape index (κ3) is 8.88. The predicted molar refractivity (Wildman–Crippen MR) is 126 cm³/mol. The Bertz CT molecular complexity index is 508. The van der Waals surface area contributed by atoms with Crippen LogP contribution in [0.25, 0.3) is 0 Å². The quantitative estimate of drug-likeness (QED) is 0.266. The van der Waals surface area contributed by atoms with Crippen molar-refractivity contribution in [2.24, 2.45) is 0 Å². The van der Waals surface area contributed by atoms with Crippen LogP contribution in [0.1, 0.15) is 32.3 Å². The highest BCUT2D eigenvalue weighted by molar-refractivity contribution is 8.68. The molecule has 4 nitrogen and oxygen atoms in total. The highest BCUT2D eigenvalue weighted by Gasteiger charge is 2.19. The Balaban J connectivity index is 1.57. The highest BCUT2D eigenvalue weighted by Crippen LogP contribution is 2.19. The number of nitrogens with zero attached hydrogens (tertiary/aromatic N) is 2. The smallest absolute Gasteiger partial charge is 0.0591 e. The molecule has 1 fully saturated rings. The van der Waals surface area contributed by atoms with Gasteiger partial charge in [0.1, 0.15) is 0 Å². The molecule has 2 unspecified atom stereocenters. The van der Waals surface area contributed by atoms with E-state index in [2.05, 4.69) is 77.5 Å². The molecule has 7 heteroatoms. The number of hydrogen-bond acceptors (Lipinski definition) is 7. The molecule has 0 radical (unpaired) electrons. The Morgan fingerprint density at radius 3 is 2.44 bits per heavy atom. The third-order valence-electron chi connectivity index (χ3n) is 4.98. The van der Waals surface area contributed by atoms with E-state index in [1.54, 1.807) is 10.8 Å². The molecular formula is C20H35N3OS3. The van der Waals surface area contributed by atoms with E-state index >= 15 is 0 Å². The third-order valence-corrected chi connectivity index (χ3v) is 6.98. The van der Waals surface area contributed by atoms with Crippen molar-refractivity contribution in [3.8, 4) is 0 Å². The molecule has 0 aromatic heterocycles. The minimum Gasteiger partial charge on any atom is -0.380 e. The SMILES string of the molecule is CC(CCCOCCNCc1ccc(N2CCN(C(C)S)CC2)cc1)SS. The van der Waals surface area contributed by atoms with E-state index in [1.165, 1.54) is 11.3 Å². The van der Waals surface area contributed by atoms with Gasteiger partial charge in [-0.2, -0.15) is 12.6 Å². The Morgan fingerprint density at radius 1 is 1.11 bits per heavy atom. The van der Waals surface area contributed by atoms with E-state index in [1.807, 2.05) is 0 Å². The van der Waals surface area contributed by atoms with E-state index in [0.717, 1.165) is 65.3 Å². The van der Waals surface area contributed by atoms with Crippen LogP contribution in [-0.2, 0) is 11.3 Å². The van der Waals surface area contributed by atoms with E-state index in [0.29, 0.717) is 10.6 Å². The standard InChI is InChI=1S/C20H35N3OS3/c1-17(27-26)4-3-14-24-15-9-21-16-19-5-7-20(8-6-19)23-12-10-22(11-13-23)18(2)25/h5-8,17-18,21,25-26H,3-4,9-16H2,1-2H3. The molecule has 2 atom stereocenters. The zero-order valence-electron chi connectivity index (χ0n) is 16.6. The first-order valence-electron chi connectivity index (χ1n) is 9.95. The molecule has 1 aromatic carbocycles. The summed E-state index contributed by atoms with van der Waals surface area (Å²) < 4.78 is 5.68. The first-order valence-corrected chi connectivity index (χ1v) is 12.4. The van der Waals surface area contributed by atoms with Gasteiger partial charge in [0.15, 0.2) is 0 Å². The number of nitrogens with one attached hydrogen (secondary N) is 1. The van der Waals surface area contributed by atoms with Crippen molar-refractivity contribution in [3.05, 3.63) is 29.8 Å². The minimum atomic E-state index is 0.347. The van der Waals surface area contributed by atoms with Crippen molar-refractivity contribution in [1.29, 1.82) is 0 Å². The molecule has 1 saturated heterocycles. The van der Waals surface area contributed by atoms with E-state index < -0.39 is 0 Å². The predicted octanol–water partition coefficient (Wildman–Crippen LogP) is 3.94. The number of anilines is 1. The molecule has 154 valence electrons. The van der Waals surface area contributed by atoms with Gasteiger partial charge in [-0.25, -0.2) is 0 Å². The molecule has 1 N–H and O–H groups in total. The summed E-state index contributed by atoms with van der Waals surface area (Å²) in [6.07, 6.45) is 2.27. The summed E-state index contributed by atoms with van der Waals surface area (Å²) in [7, 11) is 1.62. The first-order chi connectivity index (χ1) is 13.1. The van der Waals surface area contributed by atoms with Crippen LogP contribution in [0.4, 0.5) is 5.69 Å². The van der Waals surface area contributed by atoms with Gasteiger partial charge in [-0.3, -0.25) is 4.90 Å². The van der Waals surface area contributed by atoms with Crippen LogP contribution in [0.15, 0.2) is 24.3 Å². The molecule has 1 aromatic rings. The molecule has 0 bridgehead atoms. The number of ether oxygens (including phenoxy) is 1. The molecular weight excluding hydrogens is 394 g/mol. The second kappa shape index (κ2) is 13.2. The Kier molecular flexibility index (Phi) is 11.4. The fraction of sp³-hybridized carbons (Fsp3) is 0.700. The van der Waals surface area contributed by atoms with Crippen LogP contribution in [-0.4, -0.2) is 61.5 Å². The topological polar surface area (TPSA) is 27.7 Å². The Morgan fingerprint density at radius 2 is 1.81 bits per heavy atom. The Hall–Kier alpha value is -0.0500. The summed E-state index contributed by atoms with van der Waals surface area (Å²) in [5.74, 6) is 0. The van der Waals surface area contributed by atoms with Gasteiger partial charge in [0.25, 0.3) is 0 Å². The number of hydrogen-bond donors (Lipinski definition) is 3. The molecule has 0 spiro atoms. The first kappa shape index (κ1) is 23.2. The lowest BCUT2D eigenvalue weighted by Crippen LogP contribution is -2.48. The summed E-state index contributed by atoms with van der Waals surface area (Å²) in [6, 6.07) is 8.95. The second-order valence-corrected chi connectivity index (χ2v) is 9.56. The highest BCUT2D eigenvalue weighted by atomic mass is 33.1. The lowest BCUT2D eigenvalue weighted by Gasteiger charge is -2.37. The summed E-state index contributed by atoms with van der Waals surface area (Å²) in [4.78, 5) is 4.88. The fourth-order valence-corrected chi connectivity index (χ4v) is 4.00. The second-order valence-electron chi connectivity index (χ2n) is 7.17. The number of piperazine rings is 1. The van der Waals surface area contributed by atoms with E-state index in [9.17, 15) is 0 Å². The van der Waals surface area contributed by atoms with Gasteiger partial charge in [-0.05, 0) is 37.5 Å².